The van der Waals surface area contributed by atoms with E-state index >= 15 is 0 Å². The second-order valence-corrected chi connectivity index (χ2v) is 14.7. The van der Waals surface area contributed by atoms with E-state index in [1.54, 1.807) is 0 Å². The third kappa shape index (κ3) is 3.97. The molecule has 0 aliphatic heterocycles. The average Bonchev–Trinajstić information content (AvgIpc) is 3.83. The first kappa shape index (κ1) is 28.6. The van der Waals surface area contributed by atoms with Gasteiger partial charge in [0.1, 0.15) is 0 Å². The van der Waals surface area contributed by atoms with Gasteiger partial charge >= 0.3 is 0 Å². The van der Waals surface area contributed by atoms with Crippen molar-refractivity contribution >= 4 is 48.6 Å². The van der Waals surface area contributed by atoms with E-state index in [9.17, 15) is 0 Å². The standard InChI is InChI=1S/C49H31NS/c1-3-15-33(16-4-1)50(34-17-5-2-6-18-34)35-30-41(48-42(31-35)40-22-10-14-26-47(40)51-48)32-27-28-39-38-21-9-13-25-45(38)49(46(39)29-32)43-23-11-7-19-36(43)37-20-8-12-24-44(37)49/h1-31H. The molecule has 0 amide bonds. The first-order chi connectivity index (χ1) is 25.3. The van der Waals surface area contributed by atoms with E-state index in [0.717, 1.165) is 17.1 Å². The predicted molar refractivity (Wildman–Crippen MR) is 216 cm³/mol. The van der Waals surface area contributed by atoms with Crippen LogP contribution in [0.2, 0.25) is 0 Å². The second kappa shape index (κ2) is 10.9. The highest BCUT2D eigenvalue weighted by atomic mass is 32.1. The molecule has 0 unspecified atom stereocenters. The molecule has 0 radical (unpaired) electrons. The molecular formula is C49H31NS. The minimum Gasteiger partial charge on any atom is -0.310 e. The van der Waals surface area contributed by atoms with Crippen LogP contribution in [-0.2, 0) is 5.41 Å². The highest BCUT2D eigenvalue weighted by Gasteiger charge is 2.51. The minimum absolute atomic E-state index is 0.383. The topological polar surface area (TPSA) is 3.24 Å². The lowest BCUT2D eigenvalue weighted by Crippen LogP contribution is -2.25. The summed E-state index contributed by atoms with van der Waals surface area (Å²) in [5, 5.41) is 2.58. The number of nitrogens with zero attached hydrogens (tertiary/aromatic N) is 1. The van der Waals surface area contributed by atoms with Gasteiger partial charge in [-0.25, -0.2) is 0 Å². The van der Waals surface area contributed by atoms with Gasteiger partial charge in [0.2, 0.25) is 0 Å². The van der Waals surface area contributed by atoms with Gasteiger partial charge in [0.05, 0.1) is 5.41 Å². The number of benzene rings is 8. The van der Waals surface area contributed by atoms with Crippen LogP contribution in [0.5, 0.6) is 0 Å². The van der Waals surface area contributed by atoms with Gasteiger partial charge in [0.15, 0.2) is 0 Å². The summed E-state index contributed by atoms with van der Waals surface area (Å²) in [5.74, 6) is 0. The number of anilines is 3. The van der Waals surface area contributed by atoms with Crippen molar-refractivity contribution in [2.45, 2.75) is 5.41 Å². The highest BCUT2D eigenvalue weighted by molar-refractivity contribution is 7.26. The number of para-hydroxylation sites is 2. The molecule has 0 saturated carbocycles. The summed E-state index contributed by atoms with van der Waals surface area (Å²) in [6.07, 6.45) is 0. The van der Waals surface area contributed by atoms with E-state index < -0.39 is 0 Å². The Morgan fingerprint density at radius 1 is 0.353 bits per heavy atom. The molecule has 2 aliphatic rings. The van der Waals surface area contributed by atoms with Crippen molar-refractivity contribution in [3.05, 3.63) is 210 Å². The minimum atomic E-state index is -0.383. The van der Waals surface area contributed by atoms with E-state index in [-0.39, 0.29) is 5.41 Å². The number of hydrogen-bond donors (Lipinski definition) is 0. The van der Waals surface area contributed by atoms with Crippen LogP contribution in [-0.4, -0.2) is 0 Å². The Bertz CT molecular complexity index is 2710. The molecule has 9 aromatic rings. The molecule has 1 nitrogen and oxygen atoms in total. The van der Waals surface area contributed by atoms with E-state index in [4.69, 9.17) is 0 Å². The SMILES string of the molecule is c1ccc(N(c2ccccc2)c2cc(-c3ccc4c(c3)C3(c5ccccc5-c5ccccc53)c3ccccc3-4)c3sc4ccccc4c3c2)cc1. The normalized spacial score (nSPS) is 13.3. The van der Waals surface area contributed by atoms with Gasteiger partial charge in [0.25, 0.3) is 0 Å². The fraction of sp³-hybridized carbons (Fsp3) is 0.0204. The summed E-state index contributed by atoms with van der Waals surface area (Å²) in [5.41, 5.74) is 16.3. The van der Waals surface area contributed by atoms with Crippen LogP contribution in [0.3, 0.4) is 0 Å². The van der Waals surface area contributed by atoms with Crippen molar-refractivity contribution in [1.82, 2.24) is 0 Å². The van der Waals surface area contributed by atoms with E-state index in [2.05, 4.69) is 193 Å². The number of thiophene rings is 1. The predicted octanol–water partition coefficient (Wildman–Crippen LogP) is 13.5. The molecule has 238 valence electrons. The molecular weight excluding hydrogens is 635 g/mol. The molecule has 1 spiro atoms. The molecule has 0 N–H and O–H groups in total. The van der Waals surface area contributed by atoms with Gasteiger partial charge in [-0.2, -0.15) is 0 Å². The van der Waals surface area contributed by atoms with Gasteiger partial charge in [-0.05, 0) is 98.6 Å². The molecule has 0 saturated heterocycles. The van der Waals surface area contributed by atoms with Crippen molar-refractivity contribution < 1.29 is 0 Å². The summed E-state index contributed by atoms with van der Waals surface area (Å²) >= 11 is 1.90. The first-order valence-corrected chi connectivity index (χ1v) is 18.4. The van der Waals surface area contributed by atoms with Crippen LogP contribution >= 0.6 is 11.3 Å². The number of hydrogen-bond acceptors (Lipinski definition) is 2. The van der Waals surface area contributed by atoms with Gasteiger partial charge < -0.3 is 4.90 Å². The smallest absolute Gasteiger partial charge is 0.0725 e. The zero-order valence-electron chi connectivity index (χ0n) is 27.8. The second-order valence-electron chi connectivity index (χ2n) is 13.6. The van der Waals surface area contributed by atoms with Crippen LogP contribution in [0.25, 0.3) is 53.6 Å². The number of fused-ring (bicyclic) bond motifs is 13. The Morgan fingerprint density at radius 3 is 1.47 bits per heavy atom. The fourth-order valence-corrected chi connectivity index (χ4v) is 10.2. The van der Waals surface area contributed by atoms with Crippen LogP contribution in [0.15, 0.2) is 188 Å². The van der Waals surface area contributed by atoms with Crippen molar-refractivity contribution in [3.63, 3.8) is 0 Å². The van der Waals surface area contributed by atoms with Crippen LogP contribution in [0.4, 0.5) is 17.1 Å². The van der Waals surface area contributed by atoms with Gasteiger partial charge in [-0.1, -0.05) is 140 Å². The lowest BCUT2D eigenvalue weighted by Gasteiger charge is -2.31. The maximum absolute atomic E-state index is 2.52. The maximum atomic E-state index is 2.52. The van der Waals surface area contributed by atoms with Crippen LogP contribution < -0.4 is 4.90 Å². The van der Waals surface area contributed by atoms with E-state index in [0.29, 0.717) is 0 Å². The summed E-state index contributed by atoms with van der Waals surface area (Å²) in [6.45, 7) is 0. The molecule has 11 rings (SSSR count). The quantitative estimate of drug-likeness (QED) is 0.181. The van der Waals surface area contributed by atoms with Crippen LogP contribution in [0.1, 0.15) is 22.3 Å². The largest absolute Gasteiger partial charge is 0.310 e. The zero-order valence-corrected chi connectivity index (χ0v) is 28.6. The Hall–Kier alpha value is -6.22. The third-order valence-electron chi connectivity index (χ3n) is 11.1. The Labute approximate surface area is 301 Å². The third-order valence-corrected chi connectivity index (χ3v) is 12.3. The van der Waals surface area contributed by atoms with Gasteiger partial charge in [-0.15, -0.1) is 11.3 Å². The van der Waals surface area contributed by atoms with Crippen molar-refractivity contribution in [1.29, 1.82) is 0 Å². The first-order valence-electron chi connectivity index (χ1n) is 17.6. The molecule has 2 aliphatic carbocycles. The van der Waals surface area contributed by atoms with Gasteiger partial charge in [0, 0.05) is 42.8 Å². The lowest BCUT2D eigenvalue weighted by molar-refractivity contribution is 0.794. The summed E-state index contributed by atoms with van der Waals surface area (Å²) in [6, 6.07) is 69.6. The maximum Gasteiger partial charge on any atom is 0.0725 e. The van der Waals surface area contributed by atoms with E-state index in [1.807, 2.05) is 11.3 Å². The molecule has 1 heterocycles. The molecule has 0 bridgehead atoms. The van der Waals surface area contributed by atoms with Crippen molar-refractivity contribution in [2.24, 2.45) is 0 Å². The summed E-state index contributed by atoms with van der Waals surface area (Å²) < 4.78 is 2.62. The molecule has 0 fully saturated rings. The van der Waals surface area contributed by atoms with Gasteiger partial charge in [-0.3, -0.25) is 0 Å². The molecule has 8 aromatic carbocycles. The molecule has 51 heavy (non-hydrogen) atoms. The molecule has 1 aromatic heterocycles. The molecule has 0 atom stereocenters. The fourth-order valence-electron chi connectivity index (χ4n) is 9.02. The van der Waals surface area contributed by atoms with Crippen LogP contribution in [0, 0.1) is 0 Å². The Morgan fingerprint density at radius 2 is 0.863 bits per heavy atom. The molecule has 2 heteroatoms. The van der Waals surface area contributed by atoms with E-state index in [1.165, 1.54) is 75.8 Å². The highest BCUT2D eigenvalue weighted by Crippen LogP contribution is 2.63. The van der Waals surface area contributed by atoms with Crippen molar-refractivity contribution in [2.75, 3.05) is 4.90 Å². The Balaban J connectivity index is 1.22. The monoisotopic (exact) mass is 665 g/mol. The summed E-state index contributed by atoms with van der Waals surface area (Å²) in [4.78, 5) is 2.39. The Kier molecular flexibility index (Phi) is 6.11. The lowest BCUT2D eigenvalue weighted by atomic mass is 9.70. The number of rotatable bonds is 4. The average molecular weight is 666 g/mol. The zero-order chi connectivity index (χ0) is 33.5. The summed E-state index contributed by atoms with van der Waals surface area (Å²) in [7, 11) is 0. The van der Waals surface area contributed by atoms with Crippen molar-refractivity contribution in [3.8, 4) is 33.4 Å².